The average molecular weight is 378 g/mol. The number of nitrogens with zero attached hydrogens (tertiary/aromatic N) is 2. The predicted molar refractivity (Wildman–Crippen MR) is 97.4 cm³/mol. The van der Waals surface area contributed by atoms with E-state index in [1.807, 2.05) is 17.8 Å². The molecule has 2 aromatic heterocycles. The van der Waals surface area contributed by atoms with Gasteiger partial charge in [0, 0.05) is 25.1 Å². The van der Waals surface area contributed by atoms with E-state index in [0.717, 1.165) is 5.16 Å². The molecule has 130 valence electrons. The highest BCUT2D eigenvalue weighted by atomic mass is 35.5. The summed E-state index contributed by atoms with van der Waals surface area (Å²) in [6.45, 7) is 0. The van der Waals surface area contributed by atoms with E-state index in [1.54, 1.807) is 36.5 Å². The summed E-state index contributed by atoms with van der Waals surface area (Å²) in [5, 5.41) is 4.05. The van der Waals surface area contributed by atoms with Gasteiger partial charge in [-0.05, 0) is 30.3 Å². The van der Waals surface area contributed by atoms with Crippen LogP contribution in [0.4, 0.5) is 5.69 Å². The minimum atomic E-state index is -0.338. The number of benzene rings is 1. The number of hydrogen-bond donors (Lipinski definition) is 1. The molecule has 1 amide bonds. The van der Waals surface area contributed by atoms with E-state index < -0.39 is 0 Å². The minimum absolute atomic E-state index is 0.238. The number of nitrogens with one attached hydrogen (secondary N) is 1. The first-order valence-corrected chi connectivity index (χ1v) is 8.77. The van der Waals surface area contributed by atoms with E-state index in [9.17, 15) is 4.79 Å². The van der Waals surface area contributed by atoms with Crippen LogP contribution in [0.15, 0.2) is 52.3 Å². The number of thioether (sulfide) groups is 1. The Hall–Kier alpha value is -2.38. The SMILES string of the molecule is COc1ccc(NC(=O)c2ccc(CSc3nccn3C)o2)cc1Cl. The van der Waals surface area contributed by atoms with Crippen molar-refractivity contribution < 1.29 is 13.9 Å². The molecule has 0 atom stereocenters. The summed E-state index contributed by atoms with van der Waals surface area (Å²) in [5.74, 6) is 1.74. The fourth-order valence-electron chi connectivity index (χ4n) is 2.14. The van der Waals surface area contributed by atoms with Gasteiger partial charge in [0.2, 0.25) is 0 Å². The number of aryl methyl sites for hydroxylation is 1. The van der Waals surface area contributed by atoms with Crippen LogP contribution in [-0.4, -0.2) is 22.6 Å². The first-order chi connectivity index (χ1) is 12.1. The third kappa shape index (κ3) is 4.18. The molecule has 0 fully saturated rings. The van der Waals surface area contributed by atoms with Crippen LogP contribution >= 0.6 is 23.4 Å². The van der Waals surface area contributed by atoms with Crippen molar-refractivity contribution in [1.29, 1.82) is 0 Å². The summed E-state index contributed by atoms with van der Waals surface area (Å²) >= 11 is 7.59. The molecule has 1 N–H and O–H groups in total. The Morgan fingerprint density at radius 3 is 2.92 bits per heavy atom. The van der Waals surface area contributed by atoms with Gasteiger partial charge in [-0.25, -0.2) is 4.98 Å². The molecule has 3 rings (SSSR count). The molecule has 0 saturated heterocycles. The Labute approximate surface area is 154 Å². The topological polar surface area (TPSA) is 69.3 Å². The van der Waals surface area contributed by atoms with Gasteiger partial charge in [0.1, 0.15) is 11.5 Å². The van der Waals surface area contributed by atoms with Gasteiger partial charge in [-0.2, -0.15) is 0 Å². The monoisotopic (exact) mass is 377 g/mol. The summed E-state index contributed by atoms with van der Waals surface area (Å²) in [6.07, 6.45) is 3.62. The molecule has 6 nitrogen and oxygen atoms in total. The minimum Gasteiger partial charge on any atom is -0.495 e. The lowest BCUT2D eigenvalue weighted by Crippen LogP contribution is -2.10. The van der Waals surface area contributed by atoms with Gasteiger partial charge in [0.05, 0.1) is 17.9 Å². The van der Waals surface area contributed by atoms with Gasteiger partial charge in [-0.15, -0.1) is 0 Å². The maximum absolute atomic E-state index is 12.3. The van der Waals surface area contributed by atoms with Gasteiger partial charge < -0.3 is 19.0 Å². The molecular formula is C17H16ClN3O3S. The number of imidazole rings is 1. The second-order valence-electron chi connectivity index (χ2n) is 5.18. The number of rotatable bonds is 6. The first-order valence-electron chi connectivity index (χ1n) is 7.40. The van der Waals surface area contributed by atoms with Gasteiger partial charge >= 0.3 is 0 Å². The number of hydrogen-bond acceptors (Lipinski definition) is 5. The van der Waals surface area contributed by atoms with Gasteiger partial charge in [-0.1, -0.05) is 23.4 Å². The molecule has 8 heteroatoms. The van der Waals surface area contributed by atoms with Crippen LogP contribution in [0, 0.1) is 0 Å². The Balaban J connectivity index is 1.62. The number of furan rings is 1. The van der Waals surface area contributed by atoms with Crippen molar-refractivity contribution in [1.82, 2.24) is 9.55 Å². The first kappa shape index (κ1) is 17.4. The number of methoxy groups -OCH3 is 1. The predicted octanol–water partition coefficient (Wildman–Crippen LogP) is 4.22. The highest BCUT2D eigenvalue weighted by Gasteiger charge is 2.13. The Morgan fingerprint density at radius 1 is 1.40 bits per heavy atom. The number of anilines is 1. The van der Waals surface area contributed by atoms with E-state index in [1.165, 1.54) is 18.9 Å². The fourth-order valence-corrected chi connectivity index (χ4v) is 3.23. The molecule has 0 radical (unpaired) electrons. The Morgan fingerprint density at radius 2 is 2.24 bits per heavy atom. The summed E-state index contributed by atoms with van der Waals surface area (Å²) in [5.41, 5.74) is 0.566. The Bertz CT molecular complexity index is 891. The molecule has 0 unspecified atom stereocenters. The van der Waals surface area contributed by atoms with Crippen LogP contribution in [0.2, 0.25) is 5.02 Å². The van der Waals surface area contributed by atoms with E-state index >= 15 is 0 Å². The van der Waals surface area contributed by atoms with E-state index in [4.69, 9.17) is 20.8 Å². The highest BCUT2D eigenvalue weighted by Crippen LogP contribution is 2.28. The number of amides is 1. The van der Waals surface area contributed by atoms with Gasteiger partial charge in [0.25, 0.3) is 5.91 Å². The molecule has 0 spiro atoms. The maximum Gasteiger partial charge on any atom is 0.291 e. The molecule has 1 aromatic carbocycles. The summed E-state index contributed by atoms with van der Waals surface area (Å²) in [4.78, 5) is 16.5. The van der Waals surface area contributed by atoms with Gasteiger partial charge in [0.15, 0.2) is 10.9 Å². The number of aromatic nitrogens is 2. The molecule has 2 heterocycles. The number of halogens is 1. The van der Waals surface area contributed by atoms with Crippen molar-refractivity contribution in [2.45, 2.75) is 10.9 Å². The van der Waals surface area contributed by atoms with Gasteiger partial charge in [-0.3, -0.25) is 4.79 Å². The number of ether oxygens (including phenoxy) is 1. The average Bonchev–Trinajstić information content (AvgIpc) is 3.22. The third-order valence-corrected chi connectivity index (χ3v) is 4.79. The molecule has 0 aliphatic carbocycles. The zero-order valence-corrected chi connectivity index (χ0v) is 15.2. The number of carbonyl (C=O) groups is 1. The molecule has 3 aromatic rings. The van der Waals surface area contributed by atoms with Crippen LogP contribution < -0.4 is 10.1 Å². The zero-order chi connectivity index (χ0) is 17.8. The van der Waals surface area contributed by atoms with Crippen LogP contribution in [0.5, 0.6) is 5.75 Å². The molecule has 0 aliphatic rings. The summed E-state index contributed by atoms with van der Waals surface area (Å²) in [7, 11) is 3.46. The van der Waals surface area contributed by atoms with Crippen LogP contribution in [0.25, 0.3) is 0 Å². The highest BCUT2D eigenvalue weighted by molar-refractivity contribution is 7.98. The van der Waals surface area contributed by atoms with E-state index in [0.29, 0.717) is 28.0 Å². The zero-order valence-electron chi connectivity index (χ0n) is 13.7. The second kappa shape index (κ2) is 7.67. The van der Waals surface area contributed by atoms with E-state index in [2.05, 4.69) is 10.3 Å². The molecule has 0 saturated carbocycles. The smallest absolute Gasteiger partial charge is 0.291 e. The Kier molecular flexibility index (Phi) is 5.35. The van der Waals surface area contributed by atoms with Crippen molar-refractivity contribution in [3.8, 4) is 5.75 Å². The van der Waals surface area contributed by atoms with Crippen molar-refractivity contribution in [3.05, 3.63) is 59.3 Å². The lowest BCUT2D eigenvalue weighted by Gasteiger charge is -2.07. The van der Waals surface area contributed by atoms with Crippen LogP contribution in [-0.2, 0) is 12.8 Å². The molecule has 0 aliphatic heterocycles. The van der Waals surface area contributed by atoms with Crippen LogP contribution in [0.1, 0.15) is 16.3 Å². The molecular weight excluding hydrogens is 362 g/mol. The normalized spacial score (nSPS) is 10.7. The summed E-state index contributed by atoms with van der Waals surface area (Å²) in [6, 6.07) is 8.46. The van der Waals surface area contributed by atoms with E-state index in [-0.39, 0.29) is 11.7 Å². The quantitative estimate of drug-likeness (QED) is 0.651. The molecule has 0 bridgehead atoms. The maximum atomic E-state index is 12.3. The van der Waals surface area contributed by atoms with Crippen molar-refractivity contribution in [2.24, 2.45) is 7.05 Å². The molecule has 25 heavy (non-hydrogen) atoms. The van der Waals surface area contributed by atoms with Crippen molar-refractivity contribution in [2.75, 3.05) is 12.4 Å². The van der Waals surface area contributed by atoms with Crippen LogP contribution in [0.3, 0.4) is 0 Å². The fraction of sp³-hybridized carbons (Fsp3) is 0.176. The number of carbonyl (C=O) groups excluding carboxylic acids is 1. The van der Waals surface area contributed by atoms with Crippen molar-refractivity contribution >= 4 is 35.0 Å². The lowest BCUT2D eigenvalue weighted by atomic mass is 10.3. The largest absolute Gasteiger partial charge is 0.495 e. The second-order valence-corrected chi connectivity index (χ2v) is 6.53. The standard InChI is InChI=1S/C17H16ClN3O3S/c1-21-8-7-19-17(21)25-10-12-4-6-15(24-12)16(22)20-11-3-5-14(23-2)13(18)9-11/h3-9H,10H2,1-2H3,(H,20,22). The summed E-state index contributed by atoms with van der Waals surface area (Å²) < 4.78 is 12.6. The third-order valence-electron chi connectivity index (χ3n) is 3.42. The van der Waals surface area contributed by atoms with Crippen molar-refractivity contribution in [3.63, 3.8) is 0 Å². The lowest BCUT2D eigenvalue weighted by molar-refractivity contribution is 0.0995.